The molecule has 3 nitrogen and oxygen atoms in total. The molecule has 0 fully saturated rings. The van der Waals surface area contributed by atoms with Crippen LogP contribution in [0.3, 0.4) is 0 Å². The molecule has 1 amide bonds. The molecule has 0 aliphatic heterocycles. The Morgan fingerprint density at radius 3 is 2.50 bits per heavy atom. The van der Waals surface area contributed by atoms with E-state index in [9.17, 15) is 4.79 Å². The Hall–Kier alpha value is -2.29. The van der Waals surface area contributed by atoms with Crippen molar-refractivity contribution < 1.29 is 9.53 Å². The summed E-state index contributed by atoms with van der Waals surface area (Å²) in [6, 6.07) is 15.8. The predicted molar refractivity (Wildman–Crippen MR) is 88.9 cm³/mol. The molecule has 0 saturated carbocycles. The van der Waals surface area contributed by atoms with Crippen molar-refractivity contribution in [1.82, 2.24) is 5.32 Å². The molecule has 2 rings (SSSR count). The quantitative estimate of drug-likeness (QED) is 0.881. The molecular weight excluding hydrogens is 274 g/mol. The average molecular weight is 297 g/mol. The van der Waals surface area contributed by atoms with Crippen LogP contribution in [0.15, 0.2) is 48.5 Å². The highest BCUT2D eigenvalue weighted by Crippen LogP contribution is 2.22. The van der Waals surface area contributed by atoms with Gasteiger partial charge in [-0.25, -0.2) is 0 Å². The van der Waals surface area contributed by atoms with Crippen LogP contribution < -0.4 is 10.1 Å². The van der Waals surface area contributed by atoms with Gasteiger partial charge in [0.2, 0.25) is 0 Å². The summed E-state index contributed by atoms with van der Waals surface area (Å²) in [6.45, 7) is 6.53. The molecule has 1 atom stereocenters. The third-order valence-electron chi connectivity index (χ3n) is 3.80. The summed E-state index contributed by atoms with van der Waals surface area (Å²) in [5.41, 5.74) is 3.33. The first-order chi connectivity index (χ1) is 10.6. The molecule has 2 aromatic rings. The summed E-state index contributed by atoms with van der Waals surface area (Å²) < 4.78 is 5.91. The maximum Gasteiger partial charge on any atom is 0.261 e. The Labute approximate surface area is 132 Å². The van der Waals surface area contributed by atoms with Gasteiger partial charge < -0.3 is 10.1 Å². The number of nitrogens with one attached hydrogen (secondary N) is 1. The molecule has 1 unspecified atom stereocenters. The van der Waals surface area contributed by atoms with Crippen molar-refractivity contribution >= 4 is 5.91 Å². The van der Waals surface area contributed by atoms with Gasteiger partial charge in [0, 0.05) is 6.54 Å². The third kappa shape index (κ3) is 4.10. The third-order valence-corrected chi connectivity index (χ3v) is 3.80. The van der Waals surface area contributed by atoms with E-state index < -0.39 is 6.10 Å². The van der Waals surface area contributed by atoms with Gasteiger partial charge in [-0.15, -0.1) is 0 Å². The lowest BCUT2D eigenvalue weighted by molar-refractivity contribution is -0.128. The van der Waals surface area contributed by atoms with E-state index in [1.165, 1.54) is 0 Å². The highest BCUT2D eigenvalue weighted by Gasteiger charge is 2.19. The summed E-state index contributed by atoms with van der Waals surface area (Å²) in [6.07, 6.45) is 0.165. The van der Waals surface area contributed by atoms with E-state index in [0.717, 1.165) is 22.4 Å². The number of rotatable bonds is 6. The first-order valence-corrected chi connectivity index (χ1v) is 7.66. The molecule has 0 aliphatic carbocycles. The van der Waals surface area contributed by atoms with Crippen LogP contribution >= 0.6 is 0 Å². The van der Waals surface area contributed by atoms with E-state index in [0.29, 0.717) is 13.0 Å². The normalized spacial score (nSPS) is 11.8. The SMILES string of the molecule is CCC(Oc1cccc(C)c1C)C(=O)NCc1ccccc1. The van der Waals surface area contributed by atoms with Crippen LogP contribution in [0.2, 0.25) is 0 Å². The van der Waals surface area contributed by atoms with Crippen molar-refractivity contribution in [3.63, 3.8) is 0 Å². The van der Waals surface area contributed by atoms with E-state index in [-0.39, 0.29) is 5.91 Å². The summed E-state index contributed by atoms with van der Waals surface area (Å²) in [5.74, 6) is 0.703. The van der Waals surface area contributed by atoms with Crippen molar-refractivity contribution in [2.24, 2.45) is 0 Å². The monoisotopic (exact) mass is 297 g/mol. The fraction of sp³-hybridized carbons (Fsp3) is 0.316. The van der Waals surface area contributed by atoms with Gasteiger partial charge in [0.15, 0.2) is 6.10 Å². The fourth-order valence-corrected chi connectivity index (χ4v) is 2.23. The molecule has 3 heteroatoms. The van der Waals surface area contributed by atoms with Crippen LogP contribution in [0.1, 0.15) is 30.0 Å². The van der Waals surface area contributed by atoms with Crippen LogP contribution in [-0.4, -0.2) is 12.0 Å². The fourth-order valence-electron chi connectivity index (χ4n) is 2.23. The standard InChI is InChI=1S/C19H23NO2/c1-4-17(22-18-12-8-9-14(2)15(18)3)19(21)20-13-16-10-6-5-7-11-16/h5-12,17H,4,13H2,1-3H3,(H,20,21). The minimum Gasteiger partial charge on any atom is -0.480 e. The number of carbonyl (C=O) groups excluding carboxylic acids is 1. The summed E-state index contributed by atoms with van der Waals surface area (Å²) in [4.78, 5) is 12.3. The average Bonchev–Trinajstić information content (AvgIpc) is 2.55. The largest absolute Gasteiger partial charge is 0.480 e. The smallest absolute Gasteiger partial charge is 0.261 e. The number of benzene rings is 2. The molecule has 0 spiro atoms. The molecule has 0 heterocycles. The molecule has 0 radical (unpaired) electrons. The van der Waals surface area contributed by atoms with E-state index >= 15 is 0 Å². The molecule has 0 aliphatic rings. The van der Waals surface area contributed by atoms with Crippen LogP contribution in [-0.2, 0) is 11.3 Å². The molecule has 0 aromatic heterocycles. The zero-order chi connectivity index (χ0) is 15.9. The summed E-state index contributed by atoms with van der Waals surface area (Å²) in [7, 11) is 0. The van der Waals surface area contributed by atoms with Gasteiger partial charge in [-0.05, 0) is 43.0 Å². The van der Waals surface area contributed by atoms with Crippen LogP contribution in [0.5, 0.6) is 5.75 Å². The number of ether oxygens (including phenoxy) is 1. The van der Waals surface area contributed by atoms with E-state index in [1.807, 2.05) is 69.3 Å². The molecule has 116 valence electrons. The first kappa shape index (κ1) is 16.1. The number of hydrogen-bond donors (Lipinski definition) is 1. The van der Waals surface area contributed by atoms with Crippen molar-refractivity contribution in [2.75, 3.05) is 0 Å². The van der Waals surface area contributed by atoms with Gasteiger partial charge in [0.05, 0.1) is 0 Å². The zero-order valence-electron chi connectivity index (χ0n) is 13.4. The number of aryl methyl sites for hydroxylation is 1. The maximum absolute atomic E-state index is 12.3. The lowest BCUT2D eigenvalue weighted by atomic mass is 10.1. The zero-order valence-corrected chi connectivity index (χ0v) is 13.4. The second kappa shape index (κ2) is 7.64. The van der Waals surface area contributed by atoms with Gasteiger partial charge in [-0.3, -0.25) is 4.79 Å². The molecule has 0 bridgehead atoms. The molecule has 1 N–H and O–H groups in total. The molecule has 22 heavy (non-hydrogen) atoms. The van der Waals surface area contributed by atoms with Gasteiger partial charge in [0.25, 0.3) is 5.91 Å². The van der Waals surface area contributed by atoms with Gasteiger partial charge in [0.1, 0.15) is 5.75 Å². The first-order valence-electron chi connectivity index (χ1n) is 7.66. The van der Waals surface area contributed by atoms with Crippen LogP contribution in [0.4, 0.5) is 0 Å². The Kier molecular flexibility index (Phi) is 5.59. The Balaban J connectivity index is 1.98. The molecule has 2 aromatic carbocycles. The summed E-state index contributed by atoms with van der Waals surface area (Å²) in [5, 5.41) is 2.94. The topological polar surface area (TPSA) is 38.3 Å². The summed E-state index contributed by atoms with van der Waals surface area (Å²) >= 11 is 0. The number of hydrogen-bond acceptors (Lipinski definition) is 2. The van der Waals surface area contributed by atoms with Crippen molar-refractivity contribution in [3.05, 3.63) is 65.2 Å². The lowest BCUT2D eigenvalue weighted by Gasteiger charge is -2.19. The lowest BCUT2D eigenvalue weighted by Crippen LogP contribution is -2.37. The van der Waals surface area contributed by atoms with Gasteiger partial charge >= 0.3 is 0 Å². The Morgan fingerprint density at radius 1 is 1.09 bits per heavy atom. The van der Waals surface area contributed by atoms with Crippen LogP contribution in [0, 0.1) is 13.8 Å². The van der Waals surface area contributed by atoms with Crippen molar-refractivity contribution in [3.8, 4) is 5.75 Å². The van der Waals surface area contributed by atoms with E-state index in [4.69, 9.17) is 4.74 Å². The Bertz CT molecular complexity index is 623. The van der Waals surface area contributed by atoms with Crippen molar-refractivity contribution in [1.29, 1.82) is 0 Å². The van der Waals surface area contributed by atoms with Crippen LogP contribution in [0.25, 0.3) is 0 Å². The van der Waals surface area contributed by atoms with Gasteiger partial charge in [-0.2, -0.15) is 0 Å². The minimum atomic E-state index is -0.468. The molecule has 0 saturated heterocycles. The number of amides is 1. The molecular formula is C19H23NO2. The second-order valence-corrected chi connectivity index (χ2v) is 5.42. The number of carbonyl (C=O) groups is 1. The van der Waals surface area contributed by atoms with Crippen molar-refractivity contribution in [2.45, 2.75) is 39.8 Å². The highest BCUT2D eigenvalue weighted by atomic mass is 16.5. The predicted octanol–water partition coefficient (Wildman–Crippen LogP) is 3.78. The van der Waals surface area contributed by atoms with Gasteiger partial charge in [-0.1, -0.05) is 49.4 Å². The highest BCUT2D eigenvalue weighted by molar-refractivity contribution is 5.81. The maximum atomic E-state index is 12.3. The second-order valence-electron chi connectivity index (χ2n) is 5.42. The van der Waals surface area contributed by atoms with E-state index in [2.05, 4.69) is 5.32 Å². The minimum absolute atomic E-state index is 0.0766. The van der Waals surface area contributed by atoms with E-state index in [1.54, 1.807) is 0 Å². The Morgan fingerprint density at radius 2 is 1.82 bits per heavy atom.